The maximum atomic E-state index is 12.3. The monoisotopic (exact) mass is 295 g/mol. The van der Waals surface area contributed by atoms with Gasteiger partial charge in [-0.3, -0.25) is 4.79 Å². The summed E-state index contributed by atoms with van der Waals surface area (Å²) in [7, 11) is 0. The number of hydrogen-bond acceptors (Lipinski definition) is 4. The topological polar surface area (TPSA) is 87.4 Å². The molecule has 22 heavy (non-hydrogen) atoms. The summed E-state index contributed by atoms with van der Waals surface area (Å²) in [5, 5.41) is 14.0. The van der Waals surface area contributed by atoms with Crippen molar-refractivity contribution in [3.8, 4) is 5.75 Å². The first-order valence-corrected chi connectivity index (χ1v) is 6.64. The molecule has 110 valence electrons. The van der Waals surface area contributed by atoms with E-state index in [4.69, 9.17) is 0 Å². The van der Waals surface area contributed by atoms with Gasteiger partial charge >= 0.3 is 5.69 Å². The number of nitrogens with one attached hydrogen (secondary N) is 1. The molecule has 0 unspecified atom stereocenters. The average Bonchev–Trinajstić information content (AvgIpc) is 2.50. The van der Waals surface area contributed by atoms with E-state index in [1.165, 1.54) is 12.3 Å². The van der Waals surface area contributed by atoms with Gasteiger partial charge in [0.2, 0.25) is 0 Å². The number of aryl methyl sites for hydroxylation is 1. The molecule has 0 saturated carbocycles. The SMILES string of the molecule is Cc1ccc(O)c(C=Nn2c(=O)[nH]c3ccccc3c2=O)c1. The number of phenols is 1. The van der Waals surface area contributed by atoms with Gasteiger partial charge in [0.25, 0.3) is 5.56 Å². The second-order valence-corrected chi connectivity index (χ2v) is 4.90. The van der Waals surface area contributed by atoms with E-state index in [0.29, 0.717) is 16.5 Å². The average molecular weight is 295 g/mol. The maximum absolute atomic E-state index is 12.3. The lowest BCUT2D eigenvalue weighted by Crippen LogP contribution is -2.32. The second-order valence-electron chi connectivity index (χ2n) is 4.90. The highest BCUT2D eigenvalue weighted by atomic mass is 16.3. The molecule has 3 aromatic rings. The van der Waals surface area contributed by atoms with Crippen LogP contribution in [-0.2, 0) is 0 Å². The molecule has 0 saturated heterocycles. The lowest BCUT2D eigenvalue weighted by Gasteiger charge is -2.02. The molecule has 2 N–H and O–H groups in total. The van der Waals surface area contributed by atoms with Crippen LogP contribution in [0.3, 0.4) is 0 Å². The van der Waals surface area contributed by atoms with Gasteiger partial charge in [0.1, 0.15) is 5.75 Å². The number of phenolic OH excluding ortho intramolecular Hbond substituents is 1. The zero-order valence-electron chi connectivity index (χ0n) is 11.8. The molecule has 0 fully saturated rings. The van der Waals surface area contributed by atoms with Gasteiger partial charge < -0.3 is 10.1 Å². The third-order valence-corrected chi connectivity index (χ3v) is 3.28. The summed E-state index contributed by atoms with van der Waals surface area (Å²) in [5.74, 6) is 0.0274. The molecule has 0 aliphatic rings. The highest BCUT2D eigenvalue weighted by molar-refractivity contribution is 5.83. The fourth-order valence-electron chi connectivity index (χ4n) is 2.16. The summed E-state index contributed by atoms with van der Waals surface area (Å²) < 4.78 is 0.740. The molecular weight excluding hydrogens is 282 g/mol. The second kappa shape index (κ2) is 5.33. The molecule has 0 bridgehead atoms. The van der Waals surface area contributed by atoms with Crippen LogP contribution in [0.25, 0.3) is 10.9 Å². The van der Waals surface area contributed by atoms with E-state index in [-0.39, 0.29) is 5.75 Å². The first kappa shape index (κ1) is 13.8. The Labute approximate surface area is 125 Å². The Balaban J connectivity index is 2.15. The van der Waals surface area contributed by atoms with Crippen LogP contribution < -0.4 is 11.2 Å². The van der Waals surface area contributed by atoms with Crippen molar-refractivity contribution < 1.29 is 5.11 Å². The molecule has 1 heterocycles. The Hall–Kier alpha value is -3.15. The quantitative estimate of drug-likeness (QED) is 0.704. The molecule has 3 rings (SSSR count). The number of rotatable bonds is 2. The number of aromatic amines is 1. The first-order chi connectivity index (χ1) is 10.6. The van der Waals surface area contributed by atoms with Gasteiger partial charge in [0.15, 0.2) is 0 Å². The minimum atomic E-state index is -0.632. The van der Waals surface area contributed by atoms with Crippen molar-refractivity contribution in [2.45, 2.75) is 6.92 Å². The zero-order chi connectivity index (χ0) is 15.7. The number of para-hydroxylation sites is 1. The zero-order valence-corrected chi connectivity index (χ0v) is 11.8. The lowest BCUT2D eigenvalue weighted by molar-refractivity contribution is 0.474. The Morgan fingerprint density at radius 3 is 2.77 bits per heavy atom. The summed E-state index contributed by atoms with van der Waals surface area (Å²) in [4.78, 5) is 26.8. The standard InChI is InChI=1S/C16H13N3O3/c1-10-6-7-14(20)11(8-10)9-17-19-15(21)12-4-2-3-5-13(12)18-16(19)22/h2-9,20H,1H3,(H,18,22). The molecular formula is C16H13N3O3. The van der Waals surface area contributed by atoms with Gasteiger partial charge in [-0.2, -0.15) is 5.10 Å². The van der Waals surface area contributed by atoms with E-state index in [2.05, 4.69) is 10.1 Å². The first-order valence-electron chi connectivity index (χ1n) is 6.64. The molecule has 0 spiro atoms. The Bertz CT molecular complexity index is 999. The number of nitrogens with zero attached hydrogens (tertiary/aromatic N) is 2. The van der Waals surface area contributed by atoms with E-state index in [0.717, 1.165) is 10.2 Å². The molecule has 1 aromatic heterocycles. The minimum absolute atomic E-state index is 0.0274. The summed E-state index contributed by atoms with van der Waals surface area (Å²) in [5.41, 5.74) is 0.677. The van der Waals surface area contributed by atoms with E-state index >= 15 is 0 Å². The number of aromatic hydroxyl groups is 1. The number of aromatic nitrogens is 2. The predicted molar refractivity (Wildman–Crippen MR) is 84.7 cm³/mol. The molecule has 0 atom stereocenters. The molecule has 6 nitrogen and oxygen atoms in total. The van der Waals surface area contributed by atoms with Crippen LogP contribution in [0.2, 0.25) is 0 Å². The summed E-state index contributed by atoms with van der Waals surface area (Å²) in [6.45, 7) is 1.87. The summed E-state index contributed by atoms with van der Waals surface area (Å²) >= 11 is 0. The Morgan fingerprint density at radius 1 is 1.18 bits per heavy atom. The highest BCUT2D eigenvalue weighted by Gasteiger charge is 2.06. The smallest absolute Gasteiger partial charge is 0.349 e. The summed E-state index contributed by atoms with van der Waals surface area (Å²) in [6.07, 6.45) is 1.29. The van der Waals surface area contributed by atoms with Gasteiger partial charge in [-0.05, 0) is 31.2 Å². The lowest BCUT2D eigenvalue weighted by atomic mass is 10.1. The van der Waals surface area contributed by atoms with E-state index in [1.807, 2.05) is 6.92 Å². The van der Waals surface area contributed by atoms with Crippen LogP contribution in [0.1, 0.15) is 11.1 Å². The Morgan fingerprint density at radius 2 is 1.95 bits per heavy atom. The van der Waals surface area contributed by atoms with Crippen LogP contribution in [-0.4, -0.2) is 21.0 Å². The molecule has 2 aromatic carbocycles. The third kappa shape index (κ3) is 2.42. The van der Waals surface area contributed by atoms with Crippen molar-refractivity contribution in [2.24, 2.45) is 5.10 Å². The van der Waals surface area contributed by atoms with Gasteiger partial charge in [-0.15, -0.1) is 4.68 Å². The highest BCUT2D eigenvalue weighted by Crippen LogP contribution is 2.15. The molecule has 0 aliphatic carbocycles. The van der Waals surface area contributed by atoms with Crippen molar-refractivity contribution in [1.29, 1.82) is 0 Å². The van der Waals surface area contributed by atoms with Crippen LogP contribution in [0.5, 0.6) is 5.75 Å². The molecule has 0 radical (unpaired) electrons. The van der Waals surface area contributed by atoms with Crippen LogP contribution >= 0.6 is 0 Å². The normalized spacial score (nSPS) is 11.3. The van der Waals surface area contributed by atoms with Gasteiger partial charge in [0, 0.05) is 5.56 Å². The van der Waals surface area contributed by atoms with Crippen LogP contribution in [0, 0.1) is 6.92 Å². The van der Waals surface area contributed by atoms with Crippen molar-refractivity contribution >= 4 is 17.1 Å². The van der Waals surface area contributed by atoms with E-state index in [9.17, 15) is 14.7 Å². The van der Waals surface area contributed by atoms with Crippen molar-refractivity contribution in [3.05, 3.63) is 74.4 Å². The number of benzene rings is 2. The minimum Gasteiger partial charge on any atom is -0.507 e. The maximum Gasteiger partial charge on any atom is 0.349 e. The summed E-state index contributed by atoms with van der Waals surface area (Å²) in [6, 6.07) is 11.7. The van der Waals surface area contributed by atoms with E-state index in [1.54, 1.807) is 36.4 Å². The molecule has 6 heteroatoms. The van der Waals surface area contributed by atoms with Crippen molar-refractivity contribution in [1.82, 2.24) is 9.66 Å². The fraction of sp³-hybridized carbons (Fsp3) is 0.0625. The van der Waals surface area contributed by atoms with Gasteiger partial charge in [0.05, 0.1) is 17.1 Å². The third-order valence-electron chi connectivity index (χ3n) is 3.28. The largest absolute Gasteiger partial charge is 0.507 e. The Kier molecular flexibility index (Phi) is 3.34. The van der Waals surface area contributed by atoms with Crippen molar-refractivity contribution in [2.75, 3.05) is 0 Å². The van der Waals surface area contributed by atoms with Crippen LogP contribution in [0.4, 0.5) is 0 Å². The van der Waals surface area contributed by atoms with Crippen LogP contribution in [0.15, 0.2) is 57.2 Å². The molecule has 0 amide bonds. The number of H-pyrrole nitrogens is 1. The van der Waals surface area contributed by atoms with Crippen molar-refractivity contribution in [3.63, 3.8) is 0 Å². The predicted octanol–water partition coefficient (Wildman–Crippen LogP) is 1.59. The van der Waals surface area contributed by atoms with E-state index < -0.39 is 11.2 Å². The molecule has 0 aliphatic heterocycles. The fourth-order valence-corrected chi connectivity index (χ4v) is 2.16. The number of hydrogen-bond donors (Lipinski definition) is 2. The number of fused-ring (bicyclic) bond motifs is 1. The van der Waals surface area contributed by atoms with Gasteiger partial charge in [-0.1, -0.05) is 23.8 Å². The van der Waals surface area contributed by atoms with Gasteiger partial charge in [-0.25, -0.2) is 4.79 Å².